The van der Waals surface area contributed by atoms with E-state index in [1.165, 1.54) is 0 Å². The lowest BCUT2D eigenvalue weighted by molar-refractivity contribution is -0.149. The molecular formula is C18H26N2O5. The van der Waals surface area contributed by atoms with Gasteiger partial charge in [-0.2, -0.15) is 0 Å². The van der Waals surface area contributed by atoms with Crippen LogP contribution in [0.15, 0.2) is 24.3 Å². The normalized spacial score (nSPS) is 16.9. The second kappa shape index (κ2) is 9.76. The van der Waals surface area contributed by atoms with Gasteiger partial charge in [-0.15, -0.1) is 0 Å². The molecule has 1 heterocycles. The molecule has 0 radical (unpaired) electrons. The summed E-state index contributed by atoms with van der Waals surface area (Å²) in [5.74, 6) is 0.945. The quantitative estimate of drug-likeness (QED) is 0.604. The van der Waals surface area contributed by atoms with E-state index in [2.05, 4.69) is 5.32 Å². The first-order chi connectivity index (χ1) is 12.1. The zero-order valence-electron chi connectivity index (χ0n) is 14.8. The molecule has 7 nitrogen and oxygen atoms in total. The van der Waals surface area contributed by atoms with Crippen molar-refractivity contribution in [1.29, 1.82) is 0 Å². The number of carbonyl (C=O) groups is 2. The molecule has 0 saturated carbocycles. The van der Waals surface area contributed by atoms with Crippen LogP contribution in [0.1, 0.15) is 26.7 Å². The van der Waals surface area contributed by atoms with Gasteiger partial charge in [0, 0.05) is 13.1 Å². The van der Waals surface area contributed by atoms with Crippen LogP contribution in [0.2, 0.25) is 0 Å². The van der Waals surface area contributed by atoms with Crippen LogP contribution in [0, 0.1) is 5.92 Å². The minimum atomic E-state index is -0.244. The molecule has 0 aromatic heterocycles. The van der Waals surface area contributed by atoms with E-state index in [-0.39, 0.29) is 24.6 Å². The summed E-state index contributed by atoms with van der Waals surface area (Å²) >= 11 is 0. The van der Waals surface area contributed by atoms with Crippen LogP contribution in [-0.2, 0) is 9.53 Å². The van der Waals surface area contributed by atoms with E-state index < -0.39 is 0 Å². The number of rotatable bonds is 7. The van der Waals surface area contributed by atoms with Gasteiger partial charge in [0.1, 0.15) is 11.5 Å². The second-order valence-corrected chi connectivity index (χ2v) is 5.71. The minimum Gasteiger partial charge on any atom is -0.494 e. The summed E-state index contributed by atoms with van der Waals surface area (Å²) < 4.78 is 15.9. The second-order valence-electron chi connectivity index (χ2n) is 5.71. The van der Waals surface area contributed by atoms with Crippen molar-refractivity contribution in [3.63, 3.8) is 0 Å². The third-order valence-corrected chi connectivity index (χ3v) is 3.93. The van der Waals surface area contributed by atoms with E-state index in [1.54, 1.807) is 24.0 Å². The summed E-state index contributed by atoms with van der Waals surface area (Å²) in [6.07, 6.45) is 1.54. The third kappa shape index (κ3) is 5.85. The average molecular weight is 350 g/mol. The fraction of sp³-hybridized carbons (Fsp3) is 0.556. The van der Waals surface area contributed by atoms with Crippen molar-refractivity contribution in [2.45, 2.75) is 26.7 Å². The van der Waals surface area contributed by atoms with Crippen LogP contribution in [0.4, 0.5) is 4.79 Å². The molecule has 138 valence electrons. The van der Waals surface area contributed by atoms with Crippen LogP contribution >= 0.6 is 0 Å². The zero-order valence-corrected chi connectivity index (χ0v) is 14.8. The van der Waals surface area contributed by atoms with Crippen molar-refractivity contribution in [1.82, 2.24) is 10.2 Å². The van der Waals surface area contributed by atoms with Crippen molar-refractivity contribution in [3.05, 3.63) is 24.3 Å². The van der Waals surface area contributed by atoms with Crippen molar-refractivity contribution in [2.75, 3.05) is 33.0 Å². The lowest BCUT2D eigenvalue weighted by Gasteiger charge is -2.31. The summed E-state index contributed by atoms with van der Waals surface area (Å²) in [6.45, 7) is 5.75. The number of likely N-dealkylation sites (tertiary alicyclic amines) is 1. The molecule has 1 aliphatic rings. The molecule has 7 heteroatoms. The van der Waals surface area contributed by atoms with Crippen molar-refractivity contribution in [3.8, 4) is 11.5 Å². The van der Waals surface area contributed by atoms with Crippen LogP contribution < -0.4 is 14.8 Å². The lowest BCUT2D eigenvalue weighted by Crippen LogP contribution is -2.48. The maximum atomic E-state index is 12.2. The molecule has 0 bridgehead atoms. The predicted octanol–water partition coefficient (Wildman–Crippen LogP) is 2.41. The molecule has 1 aromatic rings. The topological polar surface area (TPSA) is 77.1 Å². The van der Waals surface area contributed by atoms with Gasteiger partial charge >= 0.3 is 12.0 Å². The van der Waals surface area contributed by atoms with Gasteiger partial charge in [0.15, 0.2) is 6.73 Å². The first-order valence-electron chi connectivity index (χ1n) is 8.69. The Bertz CT molecular complexity index is 561. The number of piperidine rings is 1. The van der Waals surface area contributed by atoms with E-state index in [9.17, 15) is 9.59 Å². The van der Waals surface area contributed by atoms with Crippen molar-refractivity contribution in [2.24, 2.45) is 5.92 Å². The number of esters is 1. The number of hydrogen-bond acceptors (Lipinski definition) is 5. The van der Waals surface area contributed by atoms with Crippen molar-refractivity contribution >= 4 is 12.0 Å². The number of nitrogens with one attached hydrogen (secondary N) is 1. The van der Waals surface area contributed by atoms with Gasteiger partial charge in [-0.1, -0.05) is 0 Å². The van der Waals surface area contributed by atoms with Crippen LogP contribution in [-0.4, -0.2) is 49.9 Å². The molecule has 0 aliphatic carbocycles. The highest BCUT2D eigenvalue weighted by molar-refractivity contribution is 5.77. The Morgan fingerprint density at radius 2 is 1.80 bits per heavy atom. The van der Waals surface area contributed by atoms with Gasteiger partial charge in [0.2, 0.25) is 0 Å². The molecule has 0 spiro atoms. The SMILES string of the molecule is CCOC(=O)C1CCCN(C(=O)NCOc2ccc(OCC)cc2)C1. The van der Waals surface area contributed by atoms with Crippen molar-refractivity contribution < 1.29 is 23.8 Å². The van der Waals surface area contributed by atoms with E-state index in [4.69, 9.17) is 14.2 Å². The van der Waals surface area contributed by atoms with E-state index >= 15 is 0 Å². The number of urea groups is 1. The fourth-order valence-corrected chi connectivity index (χ4v) is 2.71. The Hall–Kier alpha value is -2.44. The predicted molar refractivity (Wildman–Crippen MR) is 92.6 cm³/mol. The molecule has 1 saturated heterocycles. The van der Waals surface area contributed by atoms with Gasteiger partial charge in [0.25, 0.3) is 0 Å². The smallest absolute Gasteiger partial charge is 0.320 e. The number of ether oxygens (including phenoxy) is 3. The van der Waals surface area contributed by atoms with Gasteiger partial charge in [-0.3, -0.25) is 4.79 Å². The number of amides is 2. The Morgan fingerprint density at radius 3 is 2.44 bits per heavy atom. The molecule has 1 N–H and O–H groups in total. The summed E-state index contributed by atoms with van der Waals surface area (Å²) in [5, 5.41) is 2.71. The molecule has 1 unspecified atom stereocenters. The van der Waals surface area contributed by atoms with Crippen LogP contribution in [0.5, 0.6) is 11.5 Å². The maximum Gasteiger partial charge on any atom is 0.320 e. The Balaban J connectivity index is 1.74. The highest BCUT2D eigenvalue weighted by atomic mass is 16.5. The molecule has 1 aliphatic heterocycles. The minimum absolute atomic E-state index is 0.0629. The lowest BCUT2D eigenvalue weighted by atomic mass is 9.98. The standard InChI is InChI=1S/C18H26N2O5/c1-3-23-15-7-9-16(10-8-15)25-13-19-18(22)20-11-5-6-14(12-20)17(21)24-4-2/h7-10,14H,3-6,11-13H2,1-2H3,(H,19,22). The molecule has 2 amide bonds. The van der Waals surface area contributed by atoms with E-state index in [1.807, 2.05) is 19.1 Å². The summed E-state index contributed by atoms with van der Waals surface area (Å²) in [6, 6.07) is 6.97. The van der Waals surface area contributed by atoms with E-state index in [0.717, 1.165) is 18.6 Å². The Kier molecular flexibility index (Phi) is 7.37. The molecular weight excluding hydrogens is 324 g/mol. The van der Waals surface area contributed by atoms with Gasteiger partial charge in [-0.05, 0) is 51.0 Å². The van der Waals surface area contributed by atoms with E-state index in [0.29, 0.717) is 32.1 Å². The average Bonchev–Trinajstić information content (AvgIpc) is 2.63. The van der Waals surface area contributed by atoms with Gasteiger partial charge in [0.05, 0.1) is 19.1 Å². The third-order valence-electron chi connectivity index (χ3n) is 3.93. The maximum absolute atomic E-state index is 12.2. The number of nitrogens with zero attached hydrogens (tertiary/aromatic N) is 1. The summed E-state index contributed by atoms with van der Waals surface area (Å²) in [5.41, 5.74) is 0. The highest BCUT2D eigenvalue weighted by Gasteiger charge is 2.29. The van der Waals surface area contributed by atoms with Gasteiger partial charge in [-0.25, -0.2) is 4.79 Å². The Labute approximate surface area is 148 Å². The number of carbonyl (C=O) groups excluding carboxylic acids is 2. The highest BCUT2D eigenvalue weighted by Crippen LogP contribution is 2.19. The zero-order chi connectivity index (χ0) is 18.1. The monoisotopic (exact) mass is 350 g/mol. The van der Waals surface area contributed by atoms with Crippen LogP contribution in [0.25, 0.3) is 0 Å². The molecule has 1 aromatic carbocycles. The molecule has 2 rings (SSSR count). The Morgan fingerprint density at radius 1 is 1.12 bits per heavy atom. The largest absolute Gasteiger partial charge is 0.494 e. The first-order valence-corrected chi connectivity index (χ1v) is 8.69. The number of hydrogen-bond donors (Lipinski definition) is 1. The number of benzene rings is 1. The van der Waals surface area contributed by atoms with Crippen LogP contribution in [0.3, 0.4) is 0 Å². The first kappa shape index (κ1) is 18.9. The van der Waals surface area contributed by atoms with Gasteiger partial charge < -0.3 is 24.4 Å². The fourth-order valence-electron chi connectivity index (χ4n) is 2.71. The molecule has 25 heavy (non-hydrogen) atoms. The summed E-state index contributed by atoms with van der Waals surface area (Å²) in [7, 11) is 0. The molecule has 1 atom stereocenters. The molecule has 1 fully saturated rings. The summed E-state index contributed by atoms with van der Waals surface area (Å²) in [4.78, 5) is 25.7.